The van der Waals surface area contributed by atoms with Gasteiger partial charge in [-0.3, -0.25) is 9.59 Å². The first-order valence-corrected chi connectivity index (χ1v) is 10.5. The zero-order chi connectivity index (χ0) is 21.6. The molecule has 0 aliphatic carbocycles. The summed E-state index contributed by atoms with van der Waals surface area (Å²) in [6, 6.07) is 20.4. The lowest BCUT2D eigenvalue weighted by Gasteiger charge is -2.07. The molecule has 2 aromatic heterocycles. The Morgan fingerprint density at radius 1 is 1.00 bits per heavy atom. The van der Waals surface area contributed by atoms with E-state index in [9.17, 15) is 9.59 Å². The lowest BCUT2D eigenvalue weighted by Crippen LogP contribution is -2.14. The van der Waals surface area contributed by atoms with Crippen LogP contribution in [0.3, 0.4) is 0 Å². The van der Waals surface area contributed by atoms with Crippen molar-refractivity contribution in [2.24, 2.45) is 0 Å². The van der Waals surface area contributed by atoms with Crippen molar-refractivity contribution >= 4 is 29.1 Å². The number of thioether (sulfide) groups is 1. The maximum atomic E-state index is 12.2. The van der Waals surface area contributed by atoms with E-state index in [1.54, 1.807) is 35.1 Å². The van der Waals surface area contributed by atoms with Gasteiger partial charge in [-0.2, -0.15) is 5.10 Å². The Morgan fingerprint density at radius 3 is 2.52 bits per heavy atom. The molecule has 4 aromatic rings. The van der Waals surface area contributed by atoms with Gasteiger partial charge < -0.3 is 5.32 Å². The molecule has 2 heterocycles. The van der Waals surface area contributed by atoms with Crippen molar-refractivity contribution in [1.29, 1.82) is 0 Å². The number of Topliss-reactive ketones (excluding diaryl/α,β-unsaturated/α-hetero) is 1. The highest BCUT2D eigenvalue weighted by atomic mass is 32.2. The van der Waals surface area contributed by atoms with E-state index in [1.807, 2.05) is 48.7 Å². The van der Waals surface area contributed by atoms with Gasteiger partial charge >= 0.3 is 0 Å². The summed E-state index contributed by atoms with van der Waals surface area (Å²) in [7, 11) is 0. The highest BCUT2D eigenvalue weighted by molar-refractivity contribution is 7.99. The van der Waals surface area contributed by atoms with Gasteiger partial charge in [0.05, 0.1) is 17.1 Å². The summed E-state index contributed by atoms with van der Waals surface area (Å²) >= 11 is 1.30. The van der Waals surface area contributed by atoms with Crippen LogP contribution >= 0.6 is 11.8 Å². The zero-order valence-electron chi connectivity index (χ0n) is 16.7. The second-order valence-corrected chi connectivity index (χ2v) is 7.72. The first-order chi connectivity index (χ1) is 15.1. The minimum Gasteiger partial charge on any atom is -0.325 e. The van der Waals surface area contributed by atoms with Crippen molar-refractivity contribution in [3.8, 4) is 16.9 Å². The van der Waals surface area contributed by atoms with E-state index >= 15 is 0 Å². The average molecular weight is 430 g/mol. The number of hydrogen-bond donors (Lipinski definition) is 1. The van der Waals surface area contributed by atoms with Gasteiger partial charge in [0.25, 0.3) is 0 Å². The maximum absolute atomic E-state index is 12.2. The molecule has 8 heteroatoms. The van der Waals surface area contributed by atoms with Crippen molar-refractivity contribution in [2.75, 3.05) is 11.1 Å². The van der Waals surface area contributed by atoms with Gasteiger partial charge in [0.1, 0.15) is 5.03 Å². The summed E-state index contributed by atoms with van der Waals surface area (Å²) < 4.78 is 1.79. The average Bonchev–Trinajstić information content (AvgIpc) is 3.33. The Labute approximate surface area is 183 Å². The molecule has 0 saturated carbocycles. The third kappa shape index (κ3) is 5.23. The van der Waals surface area contributed by atoms with Gasteiger partial charge in [-0.25, -0.2) is 4.68 Å². The molecule has 0 radical (unpaired) electrons. The highest BCUT2D eigenvalue weighted by Gasteiger charge is 2.08. The van der Waals surface area contributed by atoms with Crippen LogP contribution in [0, 0.1) is 0 Å². The Kier molecular flexibility index (Phi) is 6.18. The molecule has 0 saturated heterocycles. The van der Waals surface area contributed by atoms with Gasteiger partial charge in [-0.15, -0.1) is 10.2 Å². The number of amides is 1. The third-order valence-electron chi connectivity index (χ3n) is 4.48. The second kappa shape index (κ2) is 9.36. The predicted molar refractivity (Wildman–Crippen MR) is 120 cm³/mol. The fourth-order valence-electron chi connectivity index (χ4n) is 2.91. The van der Waals surface area contributed by atoms with Crippen LogP contribution in [0.1, 0.15) is 17.3 Å². The van der Waals surface area contributed by atoms with Gasteiger partial charge in [0.15, 0.2) is 5.78 Å². The Bertz CT molecular complexity index is 1190. The standard InChI is InChI=1S/C23H19N5O2S/c1-16(29)18-4-2-5-19(14-18)25-22(30)15-31-23-11-10-21(26-27-23)17-6-8-20(9-7-17)28-13-3-12-24-28/h2-14H,15H2,1H3,(H,25,30). The third-order valence-corrected chi connectivity index (χ3v) is 5.40. The zero-order valence-corrected chi connectivity index (χ0v) is 17.5. The number of aromatic nitrogens is 4. The van der Waals surface area contributed by atoms with E-state index in [0.29, 0.717) is 16.3 Å². The van der Waals surface area contributed by atoms with Crippen LogP contribution in [0.4, 0.5) is 5.69 Å². The molecule has 0 fully saturated rings. The van der Waals surface area contributed by atoms with Crippen molar-refractivity contribution < 1.29 is 9.59 Å². The molecule has 1 amide bonds. The Balaban J connectivity index is 1.34. The molecule has 4 rings (SSSR count). The number of rotatable bonds is 7. The summed E-state index contributed by atoms with van der Waals surface area (Å²) in [6.07, 6.45) is 3.62. The predicted octanol–water partition coefficient (Wildman–Crippen LogP) is 4.26. The molecular weight excluding hydrogens is 410 g/mol. The molecule has 0 bridgehead atoms. The van der Waals surface area contributed by atoms with E-state index in [0.717, 1.165) is 16.9 Å². The summed E-state index contributed by atoms with van der Waals surface area (Å²) in [5, 5.41) is 16.1. The van der Waals surface area contributed by atoms with Crippen LogP contribution in [-0.2, 0) is 4.79 Å². The van der Waals surface area contributed by atoms with Crippen LogP contribution < -0.4 is 5.32 Å². The molecule has 154 valence electrons. The number of carbonyl (C=O) groups is 2. The number of carbonyl (C=O) groups excluding carboxylic acids is 2. The fraction of sp³-hybridized carbons (Fsp3) is 0.0870. The molecule has 1 N–H and O–H groups in total. The fourth-order valence-corrected chi connectivity index (χ4v) is 3.52. The number of hydrogen-bond acceptors (Lipinski definition) is 6. The molecule has 7 nitrogen and oxygen atoms in total. The van der Waals surface area contributed by atoms with Gasteiger partial charge in [-0.1, -0.05) is 36.0 Å². The Morgan fingerprint density at radius 2 is 1.84 bits per heavy atom. The summed E-state index contributed by atoms with van der Waals surface area (Å²) in [4.78, 5) is 23.7. The van der Waals surface area contributed by atoms with E-state index in [1.165, 1.54) is 18.7 Å². The smallest absolute Gasteiger partial charge is 0.234 e. The molecule has 0 unspecified atom stereocenters. The van der Waals surface area contributed by atoms with Gasteiger partial charge in [-0.05, 0) is 49.4 Å². The number of anilines is 1. The molecule has 0 spiro atoms. The monoisotopic (exact) mass is 429 g/mol. The van der Waals surface area contributed by atoms with Crippen molar-refractivity contribution in [1.82, 2.24) is 20.0 Å². The summed E-state index contributed by atoms with van der Waals surface area (Å²) in [5.41, 5.74) is 3.82. The van der Waals surface area contributed by atoms with Gasteiger partial charge in [0.2, 0.25) is 5.91 Å². The number of ketones is 1. The molecule has 0 aliphatic heterocycles. The first kappa shape index (κ1) is 20.5. The van der Waals surface area contributed by atoms with E-state index in [2.05, 4.69) is 20.6 Å². The van der Waals surface area contributed by atoms with Crippen molar-refractivity contribution in [3.63, 3.8) is 0 Å². The maximum Gasteiger partial charge on any atom is 0.234 e. The number of nitrogens with one attached hydrogen (secondary N) is 1. The first-order valence-electron chi connectivity index (χ1n) is 9.56. The van der Waals surface area contributed by atoms with E-state index in [4.69, 9.17) is 0 Å². The quantitative estimate of drug-likeness (QED) is 0.349. The van der Waals surface area contributed by atoms with Crippen LogP contribution in [0.5, 0.6) is 0 Å². The molecule has 31 heavy (non-hydrogen) atoms. The minimum absolute atomic E-state index is 0.0446. The van der Waals surface area contributed by atoms with E-state index in [-0.39, 0.29) is 17.4 Å². The second-order valence-electron chi connectivity index (χ2n) is 6.73. The van der Waals surface area contributed by atoms with Crippen LogP contribution in [-0.4, -0.2) is 37.4 Å². The Hall–Kier alpha value is -3.78. The normalized spacial score (nSPS) is 10.6. The lowest BCUT2D eigenvalue weighted by atomic mass is 10.1. The number of nitrogens with zero attached hydrogens (tertiary/aromatic N) is 4. The molecule has 0 aliphatic rings. The SMILES string of the molecule is CC(=O)c1cccc(NC(=O)CSc2ccc(-c3ccc(-n4cccn4)cc3)nn2)c1. The minimum atomic E-state index is -0.175. The number of benzene rings is 2. The lowest BCUT2D eigenvalue weighted by molar-refractivity contribution is -0.113. The molecule has 0 atom stereocenters. The largest absolute Gasteiger partial charge is 0.325 e. The summed E-state index contributed by atoms with van der Waals surface area (Å²) in [5.74, 6) is -0.0284. The van der Waals surface area contributed by atoms with E-state index < -0.39 is 0 Å². The van der Waals surface area contributed by atoms with Crippen LogP contribution in [0.2, 0.25) is 0 Å². The van der Waals surface area contributed by atoms with Crippen molar-refractivity contribution in [3.05, 3.63) is 84.7 Å². The van der Waals surface area contributed by atoms with Crippen LogP contribution in [0.15, 0.2) is 84.1 Å². The summed E-state index contributed by atoms with van der Waals surface area (Å²) in [6.45, 7) is 1.49. The van der Waals surface area contributed by atoms with Gasteiger partial charge in [0, 0.05) is 29.2 Å². The van der Waals surface area contributed by atoms with Crippen molar-refractivity contribution in [2.45, 2.75) is 11.9 Å². The molecular formula is C23H19N5O2S. The highest BCUT2D eigenvalue weighted by Crippen LogP contribution is 2.21. The topological polar surface area (TPSA) is 89.8 Å². The molecule has 2 aromatic carbocycles. The van der Waals surface area contributed by atoms with Crippen LogP contribution in [0.25, 0.3) is 16.9 Å².